The number of nitrogens with zero attached hydrogens (tertiary/aromatic N) is 2. The smallest absolute Gasteiger partial charge is 0.132 e. The van der Waals surface area contributed by atoms with Crippen molar-refractivity contribution in [3.63, 3.8) is 0 Å². The van der Waals surface area contributed by atoms with Crippen LogP contribution in [0.3, 0.4) is 0 Å². The van der Waals surface area contributed by atoms with Crippen molar-refractivity contribution in [3.8, 4) is 0 Å². The van der Waals surface area contributed by atoms with E-state index in [4.69, 9.17) is 16.7 Å². The van der Waals surface area contributed by atoms with Crippen molar-refractivity contribution < 1.29 is 5.11 Å². The third-order valence-electron chi connectivity index (χ3n) is 1.80. The van der Waals surface area contributed by atoms with Gasteiger partial charge in [-0.05, 0) is 6.42 Å². The predicted molar refractivity (Wildman–Crippen MR) is 48.1 cm³/mol. The first kappa shape index (κ1) is 9.55. The van der Waals surface area contributed by atoms with Crippen molar-refractivity contribution in [2.45, 2.75) is 26.4 Å². The molecule has 1 aromatic rings. The quantitative estimate of drug-likeness (QED) is 0.781. The third-order valence-corrected chi connectivity index (χ3v) is 2.27. The Hall–Kier alpha value is -0.540. The van der Waals surface area contributed by atoms with Gasteiger partial charge in [-0.2, -0.15) is 5.10 Å². The second-order valence-electron chi connectivity index (χ2n) is 2.75. The van der Waals surface area contributed by atoms with E-state index >= 15 is 0 Å². The van der Waals surface area contributed by atoms with Gasteiger partial charge < -0.3 is 5.11 Å². The lowest BCUT2D eigenvalue weighted by atomic mass is 10.2. The standard InChI is InChI=1S/C8H13ClN2O/c1-3-4-7-6(5-12)8(9)11(2)10-7/h12H,3-5H2,1-2H3. The van der Waals surface area contributed by atoms with Gasteiger partial charge in [0.15, 0.2) is 0 Å². The first-order valence-electron chi connectivity index (χ1n) is 4.01. The van der Waals surface area contributed by atoms with Crippen molar-refractivity contribution in [1.29, 1.82) is 0 Å². The molecule has 4 heteroatoms. The molecule has 0 saturated carbocycles. The molecule has 3 nitrogen and oxygen atoms in total. The molecule has 12 heavy (non-hydrogen) atoms. The summed E-state index contributed by atoms with van der Waals surface area (Å²) in [5.41, 5.74) is 1.67. The second-order valence-corrected chi connectivity index (χ2v) is 3.11. The zero-order valence-corrected chi connectivity index (χ0v) is 8.10. The van der Waals surface area contributed by atoms with Gasteiger partial charge in [-0.1, -0.05) is 24.9 Å². The lowest BCUT2D eigenvalue weighted by Gasteiger charge is -1.95. The number of aromatic nitrogens is 2. The molecule has 0 aliphatic carbocycles. The summed E-state index contributed by atoms with van der Waals surface area (Å²) in [4.78, 5) is 0. The van der Waals surface area contributed by atoms with Crippen molar-refractivity contribution in [3.05, 3.63) is 16.4 Å². The van der Waals surface area contributed by atoms with Gasteiger partial charge in [0.25, 0.3) is 0 Å². The molecule has 68 valence electrons. The Bertz CT molecular complexity index is 270. The highest BCUT2D eigenvalue weighted by atomic mass is 35.5. The zero-order chi connectivity index (χ0) is 9.14. The largest absolute Gasteiger partial charge is 0.391 e. The molecule has 0 radical (unpaired) electrons. The molecular formula is C8H13ClN2O. The molecule has 1 rings (SSSR count). The molecule has 0 aromatic carbocycles. The van der Waals surface area contributed by atoms with Crippen molar-refractivity contribution in [2.75, 3.05) is 0 Å². The fourth-order valence-corrected chi connectivity index (χ4v) is 1.40. The van der Waals surface area contributed by atoms with Gasteiger partial charge in [0.2, 0.25) is 0 Å². The fraction of sp³-hybridized carbons (Fsp3) is 0.625. The lowest BCUT2D eigenvalue weighted by molar-refractivity contribution is 0.280. The topological polar surface area (TPSA) is 38.0 Å². The molecule has 0 bridgehead atoms. The second kappa shape index (κ2) is 3.92. The molecule has 0 saturated heterocycles. The van der Waals surface area contributed by atoms with E-state index in [1.807, 2.05) is 0 Å². The minimum atomic E-state index is -0.0258. The Kier molecular flexibility index (Phi) is 3.12. The van der Waals surface area contributed by atoms with Crippen molar-refractivity contribution in [1.82, 2.24) is 9.78 Å². The van der Waals surface area contributed by atoms with E-state index in [0.717, 1.165) is 24.1 Å². The van der Waals surface area contributed by atoms with E-state index in [1.54, 1.807) is 11.7 Å². The molecule has 0 amide bonds. The minimum absolute atomic E-state index is 0.0258. The molecular weight excluding hydrogens is 176 g/mol. The third kappa shape index (κ3) is 1.62. The Balaban J connectivity index is 3.02. The van der Waals surface area contributed by atoms with Gasteiger partial charge in [0, 0.05) is 12.6 Å². The van der Waals surface area contributed by atoms with Crippen LogP contribution in [0, 0.1) is 0 Å². The first-order chi connectivity index (χ1) is 5.70. The summed E-state index contributed by atoms with van der Waals surface area (Å²) in [6, 6.07) is 0. The maximum Gasteiger partial charge on any atom is 0.132 e. The van der Waals surface area contributed by atoms with E-state index in [-0.39, 0.29) is 6.61 Å². The molecule has 0 spiro atoms. The van der Waals surface area contributed by atoms with Crippen LogP contribution < -0.4 is 0 Å². The zero-order valence-electron chi connectivity index (χ0n) is 7.34. The average molecular weight is 189 g/mol. The number of hydrogen-bond donors (Lipinski definition) is 1. The summed E-state index contributed by atoms with van der Waals surface area (Å²) in [6.07, 6.45) is 1.89. The van der Waals surface area contributed by atoms with Crippen molar-refractivity contribution in [2.24, 2.45) is 7.05 Å². The number of halogens is 1. The average Bonchev–Trinajstić information content (AvgIpc) is 2.29. The summed E-state index contributed by atoms with van der Waals surface area (Å²) in [6.45, 7) is 2.05. The predicted octanol–water partition coefficient (Wildman–Crippen LogP) is 1.52. The van der Waals surface area contributed by atoms with Gasteiger partial charge in [0.05, 0.1) is 12.3 Å². The van der Waals surface area contributed by atoms with Crippen LogP contribution in [-0.4, -0.2) is 14.9 Å². The summed E-state index contributed by atoms with van der Waals surface area (Å²) < 4.78 is 1.60. The number of hydrogen-bond acceptors (Lipinski definition) is 2. The fourth-order valence-electron chi connectivity index (χ4n) is 1.19. The van der Waals surface area contributed by atoms with Crippen molar-refractivity contribution >= 4 is 11.6 Å². The van der Waals surface area contributed by atoms with Crippen LogP contribution in [0.5, 0.6) is 0 Å². The van der Waals surface area contributed by atoms with E-state index in [0.29, 0.717) is 5.15 Å². The van der Waals surface area contributed by atoms with Gasteiger partial charge in [-0.15, -0.1) is 0 Å². The van der Waals surface area contributed by atoms with Crippen LogP contribution in [0.25, 0.3) is 0 Å². The van der Waals surface area contributed by atoms with E-state index in [1.165, 1.54) is 0 Å². The highest BCUT2D eigenvalue weighted by Gasteiger charge is 2.11. The SMILES string of the molecule is CCCc1nn(C)c(Cl)c1CO. The molecule has 0 unspecified atom stereocenters. The highest BCUT2D eigenvalue weighted by Crippen LogP contribution is 2.19. The summed E-state index contributed by atoms with van der Waals surface area (Å²) >= 11 is 5.89. The van der Waals surface area contributed by atoms with E-state index in [2.05, 4.69) is 12.0 Å². The Morgan fingerprint density at radius 3 is 2.75 bits per heavy atom. The minimum Gasteiger partial charge on any atom is -0.391 e. The van der Waals surface area contributed by atoms with Crippen LogP contribution in [-0.2, 0) is 20.1 Å². The first-order valence-corrected chi connectivity index (χ1v) is 4.39. The molecule has 0 aliphatic heterocycles. The lowest BCUT2D eigenvalue weighted by Crippen LogP contribution is -1.92. The molecule has 1 N–H and O–H groups in total. The Morgan fingerprint density at radius 1 is 1.58 bits per heavy atom. The highest BCUT2D eigenvalue weighted by molar-refractivity contribution is 6.30. The molecule has 1 heterocycles. The number of aliphatic hydroxyl groups is 1. The molecule has 0 fully saturated rings. The normalized spacial score (nSPS) is 10.7. The number of rotatable bonds is 3. The van der Waals surface area contributed by atoms with Crippen LogP contribution in [0.1, 0.15) is 24.6 Å². The molecule has 1 aromatic heterocycles. The van der Waals surface area contributed by atoms with Gasteiger partial charge in [0.1, 0.15) is 5.15 Å². The molecule has 0 atom stereocenters. The molecule has 0 aliphatic rings. The maximum atomic E-state index is 9.00. The van der Waals surface area contributed by atoms with Crippen LogP contribution in [0.4, 0.5) is 0 Å². The van der Waals surface area contributed by atoms with Gasteiger partial charge in [-0.25, -0.2) is 0 Å². The van der Waals surface area contributed by atoms with Crippen LogP contribution in [0.15, 0.2) is 0 Å². The van der Waals surface area contributed by atoms with Gasteiger partial charge >= 0.3 is 0 Å². The van der Waals surface area contributed by atoms with Gasteiger partial charge in [-0.3, -0.25) is 4.68 Å². The van der Waals surface area contributed by atoms with Crippen LogP contribution >= 0.6 is 11.6 Å². The number of aryl methyl sites for hydroxylation is 2. The summed E-state index contributed by atoms with van der Waals surface area (Å²) in [5.74, 6) is 0. The monoisotopic (exact) mass is 188 g/mol. The van der Waals surface area contributed by atoms with E-state index in [9.17, 15) is 0 Å². The maximum absolute atomic E-state index is 9.00. The van der Waals surface area contributed by atoms with E-state index < -0.39 is 0 Å². The Labute approximate surface area is 77.0 Å². The summed E-state index contributed by atoms with van der Waals surface area (Å²) in [5, 5.41) is 13.7. The number of aliphatic hydroxyl groups excluding tert-OH is 1. The van der Waals surface area contributed by atoms with Crippen LogP contribution in [0.2, 0.25) is 5.15 Å². The Morgan fingerprint density at radius 2 is 2.25 bits per heavy atom. The summed E-state index contributed by atoms with van der Waals surface area (Å²) in [7, 11) is 1.78.